The molecule has 1 rings (SSSR count). The van der Waals surface area contributed by atoms with E-state index in [-0.39, 0.29) is 0 Å². The molecule has 14 heavy (non-hydrogen) atoms. The van der Waals surface area contributed by atoms with Crippen LogP contribution in [0.4, 0.5) is 5.69 Å². The van der Waals surface area contributed by atoms with E-state index in [1.165, 1.54) is 5.56 Å². The van der Waals surface area contributed by atoms with E-state index in [1.54, 1.807) is 5.54 Å². The van der Waals surface area contributed by atoms with E-state index in [9.17, 15) is 0 Å². The van der Waals surface area contributed by atoms with Gasteiger partial charge in [0.15, 0.2) is 0 Å². The average molecular weight is 275 g/mol. The van der Waals surface area contributed by atoms with Gasteiger partial charge in [-0.15, -0.1) is 0 Å². The van der Waals surface area contributed by atoms with Crippen molar-refractivity contribution in [2.45, 2.75) is 13.8 Å². The maximum absolute atomic E-state index is 5.56. The summed E-state index contributed by atoms with van der Waals surface area (Å²) in [5, 5.41) is 3.28. The molecule has 0 spiro atoms. The third-order valence-electron chi connectivity index (χ3n) is 1.93. The van der Waals surface area contributed by atoms with Crippen LogP contribution < -0.4 is 5.32 Å². The number of hydrogen-bond donors (Lipinski definition) is 1. The van der Waals surface area contributed by atoms with Gasteiger partial charge < -0.3 is 5.32 Å². The van der Waals surface area contributed by atoms with Crippen LogP contribution in [-0.4, -0.2) is 6.54 Å². The highest BCUT2D eigenvalue weighted by Gasteiger charge is 1.96. The topological polar surface area (TPSA) is 12.0 Å². The molecule has 0 aliphatic heterocycles. The van der Waals surface area contributed by atoms with Gasteiger partial charge >= 0.3 is 0 Å². The zero-order valence-corrected chi connectivity index (χ0v) is 10.6. The summed E-state index contributed by atoms with van der Waals surface area (Å²) in [6, 6.07) is 6.20. The van der Waals surface area contributed by atoms with Crippen molar-refractivity contribution in [3.05, 3.63) is 39.3 Å². The highest BCUT2D eigenvalue weighted by atomic mass is 79.9. The first-order chi connectivity index (χ1) is 6.63. The molecule has 0 aromatic heterocycles. The standard InChI is InChI=1S/C11H13BrClN/c1-8(6-13)7-14-10-4-3-9(2)11(12)5-10/h3-6,14H,7H2,1-2H3/b8-6-. The number of aryl methyl sites for hydroxylation is 1. The van der Waals surface area contributed by atoms with Gasteiger partial charge in [0, 0.05) is 22.2 Å². The second-order valence-corrected chi connectivity index (χ2v) is 4.35. The molecule has 0 aliphatic rings. The first-order valence-electron chi connectivity index (χ1n) is 4.39. The lowest BCUT2D eigenvalue weighted by atomic mass is 10.2. The average Bonchev–Trinajstić information content (AvgIpc) is 2.19. The van der Waals surface area contributed by atoms with Crippen molar-refractivity contribution in [3.63, 3.8) is 0 Å². The van der Waals surface area contributed by atoms with Crippen molar-refractivity contribution >= 4 is 33.2 Å². The number of rotatable bonds is 3. The van der Waals surface area contributed by atoms with Crippen LogP contribution in [0.1, 0.15) is 12.5 Å². The van der Waals surface area contributed by atoms with Crippen LogP contribution in [0.2, 0.25) is 0 Å². The monoisotopic (exact) mass is 273 g/mol. The summed E-state index contributed by atoms with van der Waals surface area (Å²) in [5.74, 6) is 0. The Morgan fingerprint density at radius 3 is 2.86 bits per heavy atom. The molecule has 1 aromatic carbocycles. The van der Waals surface area contributed by atoms with Gasteiger partial charge in [0.25, 0.3) is 0 Å². The van der Waals surface area contributed by atoms with Gasteiger partial charge in [-0.25, -0.2) is 0 Å². The van der Waals surface area contributed by atoms with Gasteiger partial charge in [-0.2, -0.15) is 0 Å². The van der Waals surface area contributed by atoms with Crippen molar-refractivity contribution in [2.24, 2.45) is 0 Å². The molecule has 0 bridgehead atoms. The van der Waals surface area contributed by atoms with Gasteiger partial charge in [0.1, 0.15) is 0 Å². The van der Waals surface area contributed by atoms with Crippen LogP contribution in [0.15, 0.2) is 33.8 Å². The van der Waals surface area contributed by atoms with Crippen molar-refractivity contribution in [1.29, 1.82) is 0 Å². The molecule has 76 valence electrons. The molecule has 1 nitrogen and oxygen atoms in total. The molecule has 0 amide bonds. The summed E-state index contributed by atoms with van der Waals surface area (Å²) in [6.45, 7) is 4.83. The summed E-state index contributed by atoms with van der Waals surface area (Å²) in [5.41, 5.74) is 5.04. The molecule has 0 aliphatic carbocycles. The van der Waals surface area contributed by atoms with Gasteiger partial charge in [0.2, 0.25) is 0 Å². The van der Waals surface area contributed by atoms with E-state index in [1.807, 2.05) is 6.92 Å². The van der Waals surface area contributed by atoms with Gasteiger partial charge in [-0.3, -0.25) is 0 Å². The molecule has 0 radical (unpaired) electrons. The van der Waals surface area contributed by atoms with Crippen molar-refractivity contribution in [3.8, 4) is 0 Å². The molecule has 0 heterocycles. The minimum absolute atomic E-state index is 0.777. The lowest BCUT2D eigenvalue weighted by Gasteiger charge is -2.07. The third-order valence-corrected chi connectivity index (χ3v) is 3.16. The molecular formula is C11H13BrClN. The molecule has 0 unspecified atom stereocenters. The zero-order chi connectivity index (χ0) is 10.6. The molecule has 1 N–H and O–H groups in total. The minimum atomic E-state index is 0.777. The quantitative estimate of drug-likeness (QED) is 0.866. The Morgan fingerprint density at radius 2 is 2.29 bits per heavy atom. The maximum Gasteiger partial charge on any atom is 0.0369 e. The van der Waals surface area contributed by atoms with Gasteiger partial charge in [-0.1, -0.05) is 33.6 Å². The fourth-order valence-electron chi connectivity index (χ4n) is 0.983. The molecular weight excluding hydrogens is 261 g/mol. The normalized spacial score (nSPS) is 11.6. The highest BCUT2D eigenvalue weighted by Crippen LogP contribution is 2.20. The maximum atomic E-state index is 5.56. The van der Waals surface area contributed by atoms with Crippen LogP contribution in [0, 0.1) is 6.92 Å². The third kappa shape index (κ3) is 3.35. The fourth-order valence-corrected chi connectivity index (χ4v) is 1.44. The number of halogens is 2. The van der Waals surface area contributed by atoms with Crippen molar-refractivity contribution in [2.75, 3.05) is 11.9 Å². The SMILES string of the molecule is C/C(=C/Cl)CNc1ccc(C)c(Br)c1. The Labute approximate surface area is 98.3 Å². The summed E-state index contributed by atoms with van der Waals surface area (Å²) in [6.07, 6.45) is 0. The minimum Gasteiger partial charge on any atom is -0.381 e. The summed E-state index contributed by atoms with van der Waals surface area (Å²) in [7, 11) is 0. The molecule has 3 heteroatoms. The van der Waals surface area contributed by atoms with Crippen LogP contribution >= 0.6 is 27.5 Å². The first kappa shape index (κ1) is 11.6. The fraction of sp³-hybridized carbons (Fsp3) is 0.273. The van der Waals surface area contributed by atoms with E-state index in [0.29, 0.717) is 0 Å². The van der Waals surface area contributed by atoms with Gasteiger partial charge in [0.05, 0.1) is 0 Å². The Balaban J connectivity index is 2.64. The number of benzene rings is 1. The zero-order valence-electron chi connectivity index (χ0n) is 8.27. The molecule has 0 saturated carbocycles. The second-order valence-electron chi connectivity index (χ2n) is 3.27. The van der Waals surface area contributed by atoms with E-state index >= 15 is 0 Å². The Morgan fingerprint density at radius 1 is 1.57 bits per heavy atom. The van der Waals surface area contributed by atoms with E-state index in [0.717, 1.165) is 22.3 Å². The van der Waals surface area contributed by atoms with Crippen LogP contribution in [-0.2, 0) is 0 Å². The highest BCUT2D eigenvalue weighted by molar-refractivity contribution is 9.10. The van der Waals surface area contributed by atoms with E-state index < -0.39 is 0 Å². The predicted molar refractivity (Wildman–Crippen MR) is 67.0 cm³/mol. The number of nitrogens with one attached hydrogen (secondary N) is 1. The van der Waals surface area contributed by atoms with Crippen molar-refractivity contribution in [1.82, 2.24) is 0 Å². The summed E-state index contributed by atoms with van der Waals surface area (Å²) >= 11 is 9.05. The Hall–Kier alpha value is -0.470. The van der Waals surface area contributed by atoms with Crippen LogP contribution in [0.3, 0.4) is 0 Å². The Bertz CT molecular complexity index is 347. The van der Waals surface area contributed by atoms with Crippen LogP contribution in [0.25, 0.3) is 0 Å². The molecule has 0 fully saturated rings. The lowest BCUT2D eigenvalue weighted by Crippen LogP contribution is -2.02. The summed E-state index contributed by atoms with van der Waals surface area (Å²) in [4.78, 5) is 0. The van der Waals surface area contributed by atoms with Gasteiger partial charge in [-0.05, 0) is 37.1 Å². The number of hydrogen-bond acceptors (Lipinski definition) is 1. The second kappa shape index (κ2) is 5.42. The molecule has 0 saturated heterocycles. The summed E-state index contributed by atoms with van der Waals surface area (Å²) < 4.78 is 1.12. The largest absolute Gasteiger partial charge is 0.381 e. The van der Waals surface area contributed by atoms with E-state index in [2.05, 4.69) is 46.4 Å². The number of anilines is 1. The Kier molecular flexibility index (Phi) is 4.49. The molecule has 1 aromatic rings. The molecule has 0 atom stereocenters. The van der Waals surface area contributed by atoms with E-state index in [4.69, 9.17) is 11.6 Å². The predicted octanol–water partition coefficient (Wildman–Crippen LogP) is 4.31. The van der Waals surface area contributed by atoms with Crippen molar-refractivity contribution < 1.29 is 0 Å². The van der Waals surface area contributed by atoms with Crippen LogP contribution in [0.5, 0.6) is 0 Å². The lowest BCUT2D eigenvalue weighted by molar-refractivity contribution is 1.21. The smallest absolute Gasteiger partial charge is 0.0369 e. The first-order valence-corrected chi connectivity index (χ1v) is 5.62.